The van der Waals surface area contributed by atoms with E-state index in [0.29, 0.717) is 11.8 Å². The van der Waals surface area contributed by atoms with Crippen LogP contribution in [0.1, 0.15) is 60.5 Å². The van der Waals surface area contributed by atoms with Crippen LogP contribution in [-0.4, -0.2) is 28.0 Å². The van der Waals surface area contributed by atoms with E-state index >= 15 is 0 Å². The van der Waals surface area contributed by atoms with E-state index in [1.54, 1.807) is 0 Å². The van der Waals surface area contributed by atoms with Crippen LogP contribution in [0.25, 0.3) is 32.6 Å². The van der Waals surface area contributed by atoms with Crippen LogP contribution in [0.5, 0.6) is 0 Å². The Hall–Kier alpha value is -2.50. The number of piperidine rings is 1. The van der Waals surface area contributed by atoms with Crippen molar-refractivity contribution in [2.45, 2.75) is 52.4 Å². The van der Waals surface area contributed by atoms with Gasteiger partial charge in [-0.3, -0.25) is 4.98 Å². The maximum atomic E-state index is 4.99. The minimum Gasteiger partial charge on any atom is -0.354 e. The van der Waals surface area contributed by atoms with E-state index in [4.69, 9.17) is 4.98 Å². The second-order valence-corrected chi connectivity index (χ2v) is 10.0. The fourth-order valence-corrected chi connectivity index (χ4v) is 6.04. The third-order valence-electron chi connectivity index (χ3n) is 6.37. The van der Waals surface area contributed by atoms with Gasteiger partial charge in [-0.05, 0) is 81.1 Å². The molecule has 0 bridgehead atoms. The molecule has 0 atom stereocenters. The van der Waals surface area contributed by atoms with Crippen LogP contribution in [0.15, 0.2) is 36.5 Å². The number of pyridine rings is 1. The summed E-state index contributed by atoms with van der Waals surface area (Å²) in [4.78, 5) is 14.4. The molecule has 2 N–H and O–H groups in total. The van der Waals surface area contributed by atoms with Crippen LogP contribution in [0.3, 0.4) is 0 Å². The number of hydrogen-bond donors (Lipinski definition) is 2. The molecule has 0 amide bonds. The van der Waals surface area contributed by atoms with Crippen molar-refractivity contribution in [1.29, 1.82) is 0 Å². The molecule has 4 nitrogen and oxygen atoms in total. The molecule has 1 aliphatic rings. The maximum Gasteiger partial charge on any atom is 0.0966 e. The predicted molar refractivity (Wildman–Crippen MR) is 131 cm³/mol. The first-order valence-electron chi connectivity index (χ1n) is 11.3. The highest BCUT2D eigenvalue weighted by molar-refractivity contribution is 7.15. The number of nitrogens with zero attached hydrogens (tertiary/aromatic N) is 2. The molecule has 1 fully saturated rings. The quantitative estimate of drug-likeness (QED) is 0.385. The van der Waals surface area contributed by atoms with Crippen molar-refractivity contribution >= 4 is 22.2 Å². The fraction of sp³-hybridized carbons (Fsp3) is 0.385. The molecular formula is C26H30N4S. The highest BCUT2D eigenvalue weighted by Gasteiger charge is 2.22. The Morgan fingerprint density at radius 1 is 1.03 bits per heavy atom. The predicted octanol–water partition coefficient (Wildman–Crippen LogP) is 6.56. The molecule has 1 saturated heterocycles. The van der Waals surface area contributed by atoms with Gasteiger partial charge in [-0.1, -0.05) is 19.9 Å². The highest BCUT2D eigenvalue weighted by atomic mass is 32.1. The number of benzene rings is 1. The van der Waals surface area contributed by atoms with Gasteiger partial charge in [0.25, 0.3) is 0 Å². The topological polar surface area (TPSA) is 53.6 Å². The van der Waals surface area contributed by atoms with E-state index < -0.39 is 0 Å². The van der Waals surface area contributed by atoms with E-state index in [1.807, 2.05) is 24.5 Å². The average Bonchev–Trinajstić information content (AvgIpc) is 3.34. The van der Waals surface area contributed by atoms with Gasteiger partial charge in [0.05, 0.1) is 21.3 Å². The summed E-state index contributed by atoms with van der Waals surface area (Å²) >= 11 is 1.89. The van der Waals surface area contributed by atoms with Crippen molar-refractivity contribution in [2.75, 3.05) is 13.1 Å². The standard InChI is InChI=1S/C26H30N4S/c1-15(2)23-21-14-20(25-17(4)29-26(31-25)18-7-10-27-11-8-18)5-6-22(21)30-24(23)19-9-12-28-16(3)13-19/h5-6,9,12-15,18,27,30H,7-8,10-11H2,1-4H3. The summed E-state index contributed by atoms with van der Waals surface area (Å²) in [6, 6.07) is 11.1. The van der Waals surface area contributed by atoms with Crippen LogP contribution < -0.4 is 5.32 Å². The fourth-order valence-electron chi connectivity index (χ4n) is 4.81. The summed E-state index contributed by atoms with van der Waals surface area (Å²) in [6.45, 7) is 11.0. The number of aryl methyl sites for hydroxylation is 2. The molecule has 0 aliphatic carbocycles. The second kappa shape index (κ2) is 8.21. The lowest BCUT2D eigenvalue weighted by molar-refractivity contribution is 0.459. The van der Waals surface area contributed by atoms with Gasteiger partial charge in [0.15, 0.2) is 0 Å². The van der Waals surface area contributed by atoms with Crippen LogP contribution in [-0.2, 0) is 0 Å². The zero-order valence-electron chi connectivity index (χ0n) is 18.7. The molecule has 0 saturated carbocycles. The van der Waals surface area contributed by atoms with Crippen LogP contribution in [0.2, 0.25) is 0 Å². The monoisotopic (exact) mass is 430 g/mol. The van der Waals surface area contributed by atoms with E-state index in [-0.39, 0.29) is 0 Å². The molecule has 5 heteroatoms. The Balaban J connectivity index is 1.60. The molecule has 0 spiro atoms. The van der Waals surface area contributed by atoms with Gasteiger partial charge < -0.3 is 10.3 Å². The Bertz CT molecular complexity index is 1230. The van der Waals surface area contributed by atoms with Gasteiger partial charge in [-0.15, -0.1) is 11.3 Å². The number of rotatable bonds is 4. The lowest BCUT2D eigenvalue weighted by atomic mass is 9.95. The zero-order valence-corrected chi connectivity index (χ0v) is 19.6. The first-order valence-corrected chi connectivity index (χ1v) is 12.1. The average molecular weight is 431 g/mol. The van der Waals surface area contributed by atoms with Gasteiger partial charge >= 0.3 is 0 Å². The van der Waals surface area contributed by atoms with Gasteiger partial charge in [-0.2, -0.15) is 0 Å². The number of H-pyrrole nitrogens is 1. The van der Waals surface area contributed by atoms with E-state index in [2.05, 4.69) is 66.4 Å². The Morgan fingerprint density at radius 2 is 1.84 bits per heavy atom. The van der Waals surface area contributed by atoms with Gasteiger partial charge in [0, 0.05) is 34.3 Å². The highest BCUT2D eigenvalue weighted by Crippen LogP contribution is 2.40. The molecule has 3 aromatic heterocycles. The smallest absolute Gasteiger partial charge is 0.0966 e. The van der Waals surface area contributed by atoms with Crippen molar-refractivity contribution in [3.8, 4) is 21.7 Å². The Labute approximate surface area is 188 Å². The van der Waals surface area contributed by atoms with Crippen LogP contribution >= 0.6 is 11.3 Å². The third-order valence-corrected chi connectivity index (χ3v) is 7.73. The number of fused-ring (bicyclic) bond motifs is 1. The molecule has 5 rings (SSSR count). The molecular weight excluding hydrogens is 400 g/mol. The van der Waals surface area contributed by atoms with Gasteiger partial charge in [0.1, 0.15) is 0 Å². The normalized spacial score (nSPS) is 15.3. The molecule has 4 aromatic rings. The third kappa shape index (κ3) is 3.81. The summed E-state index contributed by atoms with van der Waals surface area (Å²) in [5.74, 6) is 1.02. The van der Waals surface area contributed by atoms with Crippen molar-refractivity contribution in [3.05, 3.63) is 58.5 Å². The van der Waals surface area contributed by atoms with Crippen molar-refractivity contribution in [1.82, 2.24) is 20.3 Å². The van der Waals surface area contributed by atoms with Gasteiger partial charge in [0.2, 0.25) is 0 Å². The van der Waals surface area contributed by atoms with E-state index in [9.17, 15) is 0 Å². The van der Waals surface area contributed by atoms with Crippen molar-refractivity contribution in [3.63, 3.8) is 0 Å². The summed E-state index contributed by atoms with van der Waals surface area (Å²) < 4.78 is 0. The summed E-state index contributed by atoms with van der Waals surface area (Å²) in [5.41, 5.74) is 8.46. The van der Waals surface area contributed by atoms with Crippen LogP contribution in [0, 0.1) is 13.8 Å². The summed E-state index contributed by atoms with van der Waals surface area (Å²) in [7, 11) is 0. The lowest BCUT2D eigenvalue weighted by Gasteiger charge is -2.20. The molecule has 1 aliphatic heterocycles. The lowest BCUT2D eigenvalue weighted by Crippen LogP contribution is -2.26. The number of aromatic amines is 1. The van der Waals surface area contributed by atoms with E-state index in [1.165, 1.54) is 56.0 Å². The Kier molecular flexibility index (Phi) is 5.40. The maximum absolute atomic E-state index is 4.99. The minimum atomic E-state index is 0.417. The first-order chi connectivity index (χ1) is 15.0. The van der Waals surface area contributed by atoms with Crippen molar-refractivity contribution in [2.24, 2.45) is 0 Å². The SMILES string of the molecule is Cc1cc(-c2[nH]c3ccc(-c4sc(C5CCNCC5)nc4C)cc3c2C(C)C)ccn1. The summed E-state index contributed by atoms with van der Waals surface area (Å²) in [6.07, 6.45) is 4.28. The Morgan fingerprint density at radius 3 is 2.58 bits per heavy atom. The molecule has 1 aromatic carbocycles. The first kappa shape index (κ1) is 20.4. The van der Waals surface area contributed by atoms with Gasteiger partial charge in [-0.25, -0.2) is 4.98 Å². The van der Waals surface area contributed by atoms with E-state index in [0.717, 1.165) is 24.5 Å². The van der Waals surface area contributed by atoms with Crippen LogP contribution in [0.4, 0.5) is 0 Å². The molecule has 0 radical (unpaired) electrons. The molecule has 31 heavy (non-hydrogen) atoms. The summed E-state index contributed by atoms with van der Waals surface area (Å²) in [5, 5.41) is 6.08. The molecule has 160 valence electrons. The number of thiazole rings is 1. The molecule has 0 unspecified atom stereocenters. The largest absolute Gasteiger partial charge is 0.354 e. The number of aromatic nitrogens is 3. The van der Waals surface area contributed by atoms with Crippen molar-refractivity contribution < 1.29 is 0 Å². The zero-order chi connectivity index (χ0) is 21.5. The number of hydrogen-bond acceptors (Lipinski definition) is 4. The minimum absolute atomic E-state index is 0.417. The number of nitrogens with one attached hydrogen (secondary N) is 2. The molecule has 4 heterocycles. The second-order valence-electron chi connectivity index (χ2n) is 9.01.